The van der Waals surface area contributed by atoms with Gasteiger partial charge < -0.3 is 15.7 Å². The van der Waals surface area contributed by atoms with Crippen LogP contribution in [0.4, 0.5) is 14.5 Å². The Kier molecular flexibility index (Phi) is 4.55. The van der Waals surface area contributed by atoms with Gasteiger partial charge in [-0.25, -0.2) is 8.42 Å². The number of hydrogen-bond donors (Lipinski definition) is 3. The Hall–Kier alpha value is -1.58. The van der Waals surface area contributed by atoms with Gasteiger partial charge in [0, 0.05) is 12.2 Å². The van der Waals surface area contributed by atoms with Gasteiger partial charge in [0.1, 0.15) is 0 Å². The van der Waals surface area contributed by atoms with E-state index in [4.69, 9.17) is 0 Å². The lowest BCUT2D eigenvalue weighted by molar-refractivity contribution is -0.117. The summed E-state index contributed by atoms with van der Waals surface area (Å²) in [4.78, 5) is 11.3. The van der Waals surface area contributed by atoms with E-state index in [1.165, 1.54) is 12.1 Å². The molecule has 3 N–H and O–H groups in total. The molecule has 1 aromatic carbocycles. The average molecular weight is 320 g/mol. The SMILES string of the molecule is O=C(Nc1ccc(S(=O)(=O)C(F)F)cc1)C1CC(O)CN1. The topological polar surface area (TPSA) is 95.5 Å². The van der Waals surface area contributed by atoms with Crippen LogP contribution in [-0.2, 0) is 14.6 Å². The summed E-state index contributed by atoms with van der Waals surface area (Å²) in [5, 5.41) is 14.6. The number of alkyl halides is 2. The number of benzene rings is 1. The van der Waals surface area contributed by atoms with Gasteiger partial charge in [0.2, 0.25) is 15.7 Å². The maximum absolute atomic E-state index is 12.4. The maximum Gasteiger partial charge on any atom is 0.341 e. The summed E-state index contributed by atoms with van der Waals surface area (Å²) in [5.41, 5.74) is 0.288. The molecule has 1 saturated heterocycles. The molecule has 0 saturated carbocycles. The molecule has 9 heteroatoms. The van der Waals surface area contributed by atoms with Gasteiger partial charge in [-0.1, -0.05) is 0 Å². The van der Waals surface area contributed by atoms with Crippen LogP contribution in [0.2, 0.25) is 0 Å². The molecule has 1 amide bonds. The summed E-state index contributed by atoms with van der Waals surface area (Å²) in [6.45, 7) is 0.323. The largest absolute Gasteiger partial charge is 0.392 e. The third kappa shape index (κ3) is 3.55. The molecule has 2 rings (SSSR count). The fraction of sp³-hybridized carbons (Fsp3) is 0.417. The normalized spacial score (nSPS) is 22.5. The Morgan fingerprint density at radius 3 is 2.43 bits per heavy atom. The van der Waals surface area contributed by atoms with Crippen molar-refractivity contribution in [2.24, 2.45) is 0 Å². The number of halogens is 2. The minimum absolute atomic E-state index is 0.281. The van der Waals surface area contributed by atoms with Crippen LogP contribution in [0.5, 0.6) is 0 Å². The molecule has 1 aliphatic heterocycles. The van der Waals surface area contributed by atoms with Gasteiger partial charge >= 0.3 is 5.76 Å². The first-order chi connectivity index (χ1) is 9.80. The van der Waals surface area contributed by atoms with Crippen molar-refractivity contribution < 1.29 is 27.1 Å². The molecule has 0 radical (unpaired) electrons. The molecule has 2 unspecified atom stereocenters. The van der Waals surface area contributed by atoms with Gasteiger partial charge in [0.05, 0.1) is 17.0 Å². The molecule has 1 aliphatic rings. The summed E-state index contributed by atoms with van der Waals surface area (Å²) in [7, 11) is -4.64. The molecule has 0 aromatic heterocycles. The van der Waals surface area contributed by atoms with Gasteiger partial charge in [0.15, 0.2) is 0 Å². The first kappa shape index (κ1) is 15.8. The highest BCUT2D eigenvalue weighted by Crippen LogP contribution is 2.20. The number of aliphatic hydroxyl groups is 1. The number of anilines is 1. The van der Waals surface area contributed by atoms with Crippen LogP contribution >= 0.6 is 0 Å². The summed E-state index contributed by atoms with van der Waals surface area (Å²) in [6, 6.07) is 3.95. The Morgan fingerprint density at radius 1 is 1.33 bits per heavy atom. The van der Waals surface area contributed by atoms with Crippen LogP contribution < -0.4 is 10.6 Å². The molecule has 6 nitrogen and oxygen atoms in total. The second-order valence-corrected chi connectivity index (χ2v) is 6.59. The molecule has 2 atom stereocenters. The maximum atomic E-state index is 12.4. The first-order valence-corrected chi connectivity index (χ1v) is 7.70. The second kappa shape index (κ2) is 6.04. The highest BCUT2D eigenvalue weighted by molar-refractivity contribution is 7.91. The Bertz CT molecular complexity index is 619. The summed E-state index contributed by atoms with van der Waals surface area (Å²) >= 11 is 0. The number of nitrogens with one attached hydrogen (secondary N) is 2. The van der Waals surface area contributed by atoms with Crippen molar-refractivity contribution in [2.75, 3.05) is 11.9 Å². The van der Waals surface area contributed by atoms with Crippen LogP contribution in [0.25, 0.3) is 0 Å². The van der Waals surface area contributed by atoms with Crippen LogP contribution in [0.15, 0.2) is 29.2 Å². The zero-order valence-electron chi connectivity index (χ0n) is 10.8. The number of sulfone groups is 1. The zero-order valence-corrected chi connectivity index (χ0v) is 11.6. The van der Waals surface area contributed by atoms with E-state index in [2.05, 4.69) is 10.6 Å². The molecule has 116 valence electrons. The predicted octanol–water partition coefficient (Wildman–Crippen LogP) is 0.344. The number of β-amino-alcohol motifs (C(OH)–C–C–N with tert-alkyl or cyclic N) is 1. The number of carbonyl (C=O) groups excluding carboxylic acids is 1. The Labute approximate surface area is 120 Å². The third-order valence-corrected chi connectivity index (χ3v) is 4.51. The zero-order chi connectivity index (χ0) is 15.6. The number of rotatable bonds is 4. The fourth-order valence-corrected chi connectivity index (χ4v) is 2.70. The van der Waals surface area contributed by atoms with Crippen LogP contribution in [0.1, 0.15) is 6.42 Å². The summed E-state index contributed by atoms with van der Waals surface area (Å²) in [6.07, 6.45) is -0.303. The Morgan fingerprint density at radius 2 is 1.95 bits per heavy atom. The van der Waals surface area contributed by atoms with E-state index in [0.29, 0.717) is 6.54 Å². The van der Waals surface area contributed by atoms with Crippen molar-refractivity contribution in [1.82, 2.24) is 5.32 Å². The monoisotopic (exact) mass is 320 g/mol. The van der Waals surface area contributed by atoms with E-state index in [1.54, 1.807) is 0 Å². The smallest absolute Gasteiger partial charge is 0.341 e. The quantitative estimate of drug-likeness (QED) is 0.744. The van der Waals surface area contributed by atoms with Crippen LogP contribution in [-0.4, -0.2) is 43.9 Å². The highest BCUT2D eigenvalue weighted by atomic mass is 32.2. The standard InChI is InChI=1S/C12H14F2N2O4S/c13-12(14)21(19,20)9-3-1-7(2-4-9)16-11(18)10-5-8(17)6-15-10/h1-4,8,10,12,15,17H,5-6H2,(H,16,18). The van der Waals surface area contributed by atoms with Gasteiger partial charge in [-0.3, -0.25) is 4.79 Å². The highest BCUT2D eigenvalue weighted by Gasteiger charge is 2.28. The summed E-state index contributed by atoms with van der Waals surface area (Å²) in [5.74, 6) is -3.86. The fourth-order valence-electron chi connectivity index (χ4n) is 1.98. The molecule has 1 heterocycles. The number of hydrogen-bond acceptors (Lipinski definition) is 5. The van der Waals surface area contributed by atoms with Crippen LogP contribution in [0.3, 0.4) is 0 Å². The number of carbonyl (C=O) groups is 1. The first-order valence-electron chi connectivity index (χ1n) is 6.15. The van der Waals surface area contributed by atoms with E-state index in [1.807, 2.05) is 0 Å². The van der Waals surface area contributed by atoms with Gasteiger partial charge in [-0.05, 0) is 30.7 Å². The summed E-state index contributed by atoms with van der Waals surface area (Å²) < 4.78 is 47.2. The minimum atomic E-state index is -4.64. The lowest BCUT2D eigenvalue weighted by Gasteiger charge is -2.11. The number of amides is 1. The van der Waals surface area contributed by atoms with Gasteiger partial charge in [-0.15, -0.1) is 0 Å². The molecule has 0 aliphatic carbocycles. The minimum Gasteiger partial charge on any atom is -0.392 e. The molecular formula is C12H14F2N2O4S. The van der Waals surface area contributed by atoms with Crippen LogP contribution in [0, 0.1) is 0 Å². The third-order valence-electron chi connectivity index (χ3n) is 3.11. The van der Waals surface area contributed by atoms with E-state index >= 15 is 0 Å². The Balaban J connectivity index is 2.05. The molecule has 0 spiro atoms. The van der Waals surface area contributed by atoms with Crippen molar-refractivity contribution in [3.63, 3.8) is 0 Å². The lowest BCUT2D eigenvalue weighted by atomic mass is 10.2. The van der Waals surface area contributed by atoms with Gasteiger partial charge in [-0.2, -0.15) is 8.78 Å². The molecule has 21 heavy (non-hydrogen) atoms. The number of aliphatic hydroxyl groups excluding tert-OH is 1. The lowest BCUT2D eigenvalue weighted by Crippen LogP contribution is -2.35. The van der Waals surface area contributed by atoms with Crippen molar-refractivity contribution in [1.29, 1.82) is 0 Å². The molecule has 0 bridgehead atoms. The van der Waals surface area contributed by atoms with Gasteiger partial charge in [0.25, 0.3) is 0 Å². The van der Waals surface area contributed by atoms with E-state index in [0.717, 1.165) is 12.1 Å². The molecular weight excluding hydrogens is 306 g/mol. The average Bonchev–Trinajstić information content (AvgIpc) is 2.86. The predicted molar refractivity (Wildman–Crippen MR) is 70.7 cm³/mol. The second-order valence-electron chi connectivity index (χ2n) is 4.67. The van der Waals surface area contributed by atoms with Crippen molar-refractivity contribution in [3.05, 3.63) is 24.3 Å². The van der Waals surface area contributed by atoms with Crippen molar-refractivity contribution in [3.8, 4) is 0 Å². The van der Waals surface area contributed by atoms with E-state index < -0.39 is 32.6 Å². The molecule has 1 fully saturated rings. The van der Waals surface area contributed by atoms with E-state index in [9.17, 15) is 27.1 Å². The van der Waals surface area contributed by atoms with E-state index in [-0.39, 0.29) is 18.0 Å². The van der Waals surface area contributed by atoms with Crippen molar-refractivity contribution >= 4 is 21.4 Å². The van der Waals surface area contributed by atoms with Crippen molar-refractivity contribution in [2.45, 2.75) is 29.2 Å². The molecule has 1 aromatic rings.